The van der Waals surface area contributed by atoms with Crippen molar-refractivity contribution in [3.05, 3.63) is 51.1 Å². The third-order valence-corrected chi connectivity index (χ3v) is 5.31. The van der Waals surface area contributed by atoms with Crippen molar-refractivity contribution in [2.75, 3.05) is 0 Å². The molecule has 3 rings (SSSR count). The van der Waals surface area contributed by atoms with E-state index in [4.69, 9.17) is 5.11 Å². The fourth-order valence-corrected chi connectivity index (χ4v) is 4.15. The summed E-state index contributed by atoms with van der Waals surface area (Å²) < 4.78 is 1.02. The van der Waals surface area contributed by atoms with Gasteiger partial charge in [0, 0.05) is 20.3 Å². The first kappa shape index (κ1) is 14.4. The molecule has 0 bridgehead atoms. The van der Waals surface area contributed by atoms with Crippen LogP contribution in [0.5, 0.6) is 0 Å². The largest absolute Gasteiger partial charge is 0.481 e. The number of rotatable bonds is 4. The average Bonchev–Trinajstić information content (AvgIpc) is 3.06. The number of hydrogen-bond donors (Lipinski definition) is 1. The molecule has 0 spiro atoms. The first-order valence-electron chi connectivity index (χ1n) is 6.14. The Morgan fingerprint density at radius 3 is 2.90 bits per heavy atom. The average molecular weight is 380 g/mol. The normalized spacial score (nSPS) is 10.7. The summed E-state index contributed by atoms with van der Waals surface area (Å²) in [6, 6.07) is 11.8. The van der Waals surface area contributed by atoms with Crippen LogP contribution >= 0.6 is 38.6 Å². The molecule has 0 unspecified atom stereocenters. The van der Waals surface area contributed by atoms with Gasteiger partial charge in [-0.15, -0.1) is 22.7 Å². The van der Waals surface area contributed by atoms with Gasteiger partial charge in [0.2, 0.25) is 0 Å². The van der Waals surface area contributed by atoms with Crippen molar-refractivity contribution in [1.29, 1.82) is 0 Å². The fraction of sp³-hybridized carbons (Fsp3) is 0.0667. The van der Waals surface area contributed by atoms with Crippen LogP contribution in [-0.4, -0.2) is 16.1 Å². The van der Waals surface area contributed by atoms with Gasteiger partial charge in [0.1, 0.15) is 5.01 Å². The molecule has 0 atom stereocenters. The Kier molecular flexibility index (Phi) is 4.19. The van der Waals surface area contributed by atoms with E-state index in [2.05, 4.69) is 20.9 Å². The zero-order valence-corrected chi connectivity index (χ0v) is 14.0. The molecule has 21 heavy (non-hydrogen) atoms. The summed E-state index contributed by atoms with van der Waals surface area (Å²) in [5, 5.41) is 11.8. The standard InChI is InChI=1S/C15H10BrNO2S2/c16-10-3-1-2-9(6-10)15-17-12(8-20-15)13-5-4-11(21-13)7-14(18)19/h1-6,8H,7H2,(H,18,19). The lowest BCUT2D eigenvalue weighted by atomic mass is 10.2. The van der Waals surface area contributed by atoms with Crippen molar-refractivity contribution in [2.45, 2.75) is 6.42 Å². The molecule has 0 aliphatic carbocycles. The Bertz CT molecular complexity index is 794. The molecule has 0 aliphatic heterocycles. The predicted molar refractivity (Wildman–Crippen MR) is 89.9 cm³/mol. The predicted octanol–water partition coefficient (Wildman–Crippen LogP) is 4.93. The maximum absolute atomic E-state index is 10.7. The van der Waals surface area contributed by atoms with E-state index in [0.29, 0.717) is 0 Å². The highest BCUT2D eigenvalue weighted by Gasteiger charge is 2.10. The first-order chi connectivity index (χ1) is 10.1. The van der Waals surface area contributed by atoms with Gasteiger partial charge in [-0.25, -0.2) is 4.98 Å². The number of carboxylic acids is 1. The van der Waals surface area contributed by atoms with Gasteiger partial charge in [-0.2, -0.15) is 0 Å². The van der Waals surface area contributed by atoms with E-state index in [1.54, 1.807) is 11.3 Å². The maximum atomic E-state index is 10.7. The molecule has 1 aromatic carbocycles. The van der Waals surface area contributed by atoms with Crippen molar-refractivity contribution in [2.24, 2.45) is 0 Å². The van der Waals surface area contributed by atoms with E-state index < -0.39 is 5.97 Å². The van der Waals surface area contributed by atoms with Crippen LogP contribution in [-0.2, 0) is 11.2 Å². The van der Waals surface area contributed by atoms with Gasteiger partial charge < -0.3 is 5.11 Å². The highest BCUT2D eigenvalue weighted by Crippen LogP contribution is 2.33. The second kappa shape index (κ2) is 6.09. The van der Waals surface area contributed by atoms with Crippen molar-refractivity contribution >= 4 is 44.6 Å². The molecule has 1 N–H and O–H groups in total. The Morgan fingerprint density at radius 2 is 2.14 bits per heavy atom. The van der Waals surface area contributed by atoms with Crippen LogP contribution in [0, 0.1) is 0 Å². The molecule has 0 saturated carbocycles. The fourth-order valence-electron chi connectivity index (χ4n) is 1.90. The Balaban J connectivity index is 1.88. The number of hydrogen-bond acceptors (Lipinski definition) is 4. The summed E-state index contributed by atoms with van der Waals surface area (Å²) in [6.07, 6.45) is 0.0628. The van der Waals surface area contributed by atoms with Crippen LogP contribution in [0.15, 0.2) is 46.3 Å². The van der Waals surface area contributed by atoms with Crippen LogP contribution in [0.1, 0.15) is 4.88 Å². The summed E-state index contributed by atoms with van der Waals surface area (Å²) >= 11 is 6.53. The summed E-state index contributed by atoms with van der Waals surface area (Å²) in [5.74, 6) is -0.809. The third kappa shape index (κ3) is 3.40. The summed E-state index contributed by atoms with van der Waals surface area (Å²) in [5.41, 5.74) is 1.97. The van der Waals surface area contributed by atoms with E-state index >= 15 is 0 Å². The molecule has 0 amide bonds. The number of thiazole rings is 1. The molecule has 0 saturated heterocycles. The number of carbonyl (C=O) groups is 1. The molecule has 2 aromatic heterocycles. The first-order valence-corrected chi connectivity index (χ1v) is 8.63. The SMILES string of the molecule is O=C(O)Cc1ccc(-c2csc(-c3cccc(Br)c3)n2)s1. The minimum atomic E-state index is -0.809. The monoisotopic (exact) mass is 379 g/mol. The van der Waals surface area contributed by atoms with E-state index in [1.165, 1.54) is 11.3 Å². The van der Waals surface area contributed by atoms with E-state index in [9.17, 15) is 4.79 Å². The van der Waals surface area contributed by atoms with Crippen LogP contribution in [0.25, 0.3) is 21.1 Å². The topological polar surface area (TPSA) is 50.2 Å². The van der Waals surface area contributed by atoms with Crippen LogP contribution in [0.2, 0.25) is 0 Å². The number of aromatic nitrogens is 1. The van der Waals surface area contributed by atoms with Crippen molar-refractivity contribution in [3.8, 4) is 21.1 Å². The molecule has 0 aliphatic rings. The van der Waals surface area contributed by atoms with Crippen molar-refractivity contribution in [1.82, 2.24) is 4.98 Å². The number of aliphatic carboxylic acids is 1. The molecule has 2 heterocycles. The second-order valence-electron chi connectivity index (χ2n) is 4.38. The number of halogens is 1. The number of benzene rings is 1. The highest BCUT2D eigenvalue weighted by atomic mass is 79.9. The Morgan fingerprint density at radius 1 is 1.29 bits per heavy atom. The van der Waals surface area contributed by atoms with Gasteiger partial charge >= 0.3 is 5.97 Å². The number of carboxylic acid groups (broad SMARTS) is 1. The van der Waals surface area contributed by atoms with Crippen LogP contribution in [0.4, 0.5) is 0 Å². The molecule has 106 valence electrons. The van der Waals surface area contributed by atoms with Gasteiger partial charge in [-0.3, -0.25) is 4.79 Å². The minimum Gasteiger partial charge on any atom is -0.481 e. The molecular formula is C15H10BrNO2S2. The quantitative estimate of drug-likeness (QED) is 0.698. The van der Waals surface area contributed by atoms with Crippen LogP contribution in [0.3, 0.4) is 0 Å². The summed E-state index contributed by atoms with van der Waals surface area (Å²) in [4.78, 5) is 17.2. The molecule has 6 heteroatoms. The van der Waals surface area contributed by atoms with E-state index in [1.807, 2.05) is 41.8 Å². The van der Waals surface area contributed by atoms with E-state index in [-0.39, 0.29) is 6.42 Å². The molecule has 3 aromatic rings. The number of nitrogens with zero attached hydrogens (tertiary/aromatic N) is 1. The number of thiophene rings is 1. The van der Waals surface area contributed by atoms with Crippen molar-refractivity contribution in [3.63, 3.8) is 0 Å². The van der Waals surface area contributed by atoms with Gasteiger partial charge in [0.25, 0.3) is 0 Å². The second-order valence-corrected chi connectivity index (χ2v) is 7.33. The van der Waals surface area contributed by atoms with Gasteiger partial charge in [-0.1, -0.05) is 28.1 Å². The molecular weight excluding hydrogens is 370 g/mol. The van der Waals surface area contributed by atoms with Crippen LogP contribution < -0.4 is 0 Å². The zero-order chi connectivity index (χ0) is 14.8. The molecule has 3 nitrogen and oxygen atoms in total. The summed E-state index contributed by atoms with van der Waals surface area (Å²) in [7, 11) is 0. The zero-order valence-electron chi connectivity index (χ0n) is 10.7. The Hall–Kier alpha value is -1.50. The molecule has 0 radical (unpaired) electrons. The maximum Gasteiger partial charge on any atom is 0.308 e. The smallest absolute Gasteiger partial charge is 0.308 e. The molecule has 0 fully saturated rings. The van der Waals surface area contributed by atoms with Gasteiger partial charge in [-0.05, 0) is 24.3 Å². The lowest BCUT2D eigenvalue weighted by Crippen LogP contribution is -1.96. The highest BCUT2D eigenvalue weighted by molar-refractivity contribution is 9.10. The Labute approximate surface area is 138 Å². The van der Waals surface area contributed by atoms with Crippen molar-refractivity contribution < 1.29 is 9.90 Å². The lowest BCUT2D eigenvalue weighted by molar-refractivity contribution is -0.136. The summed E-state index contributed by atoms with van der Waals surface area (Å²) in [6.45, 7) is 0. The van der Waals surface area contributed by atoms with Gasteiger partial charge in [0.15, 0.2) is 0 Å². The van der Waals surface area contributed by atoms with E-state index in [0.717, 1.165) is 30.5 Å². The lowest BCUT2D eigenvalue weighted by Gasteiger charge is -1.96. The van der Waals surface area contributed by atoms with Gasteiger partial charge in [0.05, 0.1) is 17.0 Å². The minimum absolute atomic E-state index is 0.0628. The third-order valence-electron chi connectivity index (χ3n) is 2.82.